The van der Waals surface area contributed by atoms with Gasteiger partial charge in [-0.05, 0) is 29.5 Å². The maximum absolute atomic E-state index is 12.5. The molecule has 22 heavy (non-hydrogen) atoms. The van der Waals surface area contributed by atoms with Crippen LogP contribution in [0.1, 0.15) is 10.4 Å². The molecule has 116 valence electrons. The molecule has 1 aromatic heterocycles. The third-order valence-electron chi connectivity index (χ3n) is 3.99. The van der Waals surface area contributed by atoms with Crippen LogP contribution in [0.4, 0.5) is 5.69 Å². The summed E-state index contributed by atoms with van der Waals surface area (Å²) < 4.78 is 0. The highest BCUT2D eigenvalue weighted by Gasteiger charge is 2.24. The smallest absolute Gasteiger partial charge is 0.242 e. The SMILES string of the molecule is CN(Cc1cccs1)C(=O)CN1CC(N)Cc2ccccc21. The van der Waals surface area contributed by atoms with Crippen molar-refractivity contribution >= 4 is 22.9 Å². The summed E-state index contributed by atoms with van der Waals surface area (Å²) in [7, 11) is 1.86. The van der Waals surface area contributed by atoms with E-state index in [1.54, 1.807) is 16.2 Å². The number of carbonyl (C=O) groups excluding carboxylic acids is 1. The van der Waals surface area contributed by atoms with Gasteiger partial charge in [0, 0.05) is 30.2 Å². The highest BCUT2D eigenvalue weighted by Crippen LogP contribution is 2.26. The number of hydrogen-bond donors (Lipinski definition) is 1. The summed E-state index contributed by atoms with van der Waals surface area (Å²) in [6.07, 6.45) is 0.881. The van der Waals surface area contributed by atoms with Crippen LogP contribution in [-0.4, -0.2) is 37.0 Å². The second-order valence-electron chi connectivity index (χ2n) is 5.80. The van der Waals surface area contributed by atoms with Crippen LogP contribution < -0.4 is 10.6 Å². The Kier molecular flexibility index (Phi) is 4.45. The second kappa shape index (κ2) is 6.50. The molecule has 3 rings (SSSR count). The lowest BCUT2D eigenvalue weighted by Gasteiger charge is -2.35. The Labute approximate surface area is 135 Å². The molecular weight excluding hydrogens is 294 g/mol. The quantitative estimate of drug-likeness (QED) is 0.940. The van der Waals surface area contributed by atoms with Crippen molar-refractivity contribution in [1.82, 2.24) is 4.90 Å². The Morgan fingerprint density at radius 2 is 2.18 bits per heavy atom. The predicted molar refractivity (Wildman–Crippen MR) is 91.1 cm³/mol. The number of rotatable bonds is 4. The first-order valence-corrected chi connectivity index (χ1v) is 8.36. The summed E-state index contributed by atoms with van der Waals surface area (Å²) in [5.74, 6) is 0.123. The van der Waals surface area contributed by atoms with Crippen LogP contribution in [0.5, 0.6) is 0 Å². The van der Waals surface area contributed by atoms with Gasteiger partial charge < -0.3 is 15.5 Å². The number of fused-ring (bicyclic) bond motifs is 1. The van der Waals surface area contributed by atoms with Gasteiger partial charge in [0.25, 0.3) is 0 Å². The van der Waals surface area contributed by atoms with Crippen LogP contribution in [0.2, 0.25) is 0 Å². The lowest BCUT2D eigenvalue weighted by atomic mass is 9.98. The third-order valence-corrected chi connectivity index (χ3v) is 4.86. The van der Waals surface area contributed by atoms with Crippen LogP contribution >= 0.6 is 11.3 Å². The van der Waals surface area contributed by atoms with E-state index in [1.807, 2.05) is 30.6 Å². The van der Waals surface area contributed by atoms with E-state index in [-0.39, 0.29) is 11.9 Å². The van der Waals surface area contributed by atoms with Gasteiger partial charge in [0.2, 0.25) is 5.91 Å². The molecule has 0 spiro atoms. The van der Waals surface area contributed by atoms with E-state index >= 15 is 0 Å². The van der Waals surface area contributed by atoms with Crippen molar-refractivity contribution < 1.29 is 4.79 Å². The molecule has 0 saturated carbocycles. The average molecular weight is 315 g/mol. The molecule has 0 aliphatic carbocycles. The minimum atomic E-state index is 0.0882. The first-order chi connectivity index (χ1) is 10.6. The molecule has 1 aliphatic rings. The monoisotopic (exact) mass is 315 g/mol. The third kappa shape index (κ3) is 3.31. The summed E-state index contributed by atoms with van der Waals surface area (Å²) in [4.78, 5) is 17.6. The molecule has 0 radical (unpaired) electrons. The highest BCUT2D eigenvalue weighted by molar-refractivity contribution is 7.09. The lowest BCUT2D eigenvalue weighted by Crippen LogP contribution is -2.47. The molecule has 2 aromatic rings. The van der Waals surface area contributed by atoms with Crippen molar-refractivity contribution in [2.24, 2.45) is 5.73 Å². The molecule has 1 amide bonds. The Bertz CT molecular complexity index is 641. The van der Waals surface area contributed by atoms with E-state index in [4.69, 9.17) is 5.73 Å². The summed E-state index contributed by atoms with van der Waals surface area (Å²) in [6, 6.07) is 12.4. The first kappa shape index (κ1) is 15.1. The summed E-state index contributed by atoms with van der Waals surface area (Å²) in [5, 5.41) is 2.04. The minimum absolute atomic E-state index is 0.0882. The molecule has 0 bridgehead atoms. The molecular formula is C17H21N3OS. The fraction of sp³-hybridized carbons (Fsp3) is 0.353. The number of carbonyl (C=O) groups is 1. The summed E-state index contributed by atoms with van der Waals surface area (Å²) in [5.41, 5.74) is 8.51. The topological polar surface area (TPSA) is 49.6 Å². The zero-order chi connectivity index (χ0) is 15.5. The van der Waals surface area contributed by atoms with Gasteiger partial charge in [-0.15, -0.1) is 11.3 Å². The number of thiophene rings is 1. The molecule has 2 N–H and O–H groups in total. The van der Waals surface area contributed by atoms with Crippen molar-refractivity contribution in [3.8, 4) is 0 Å². The van der Waals surface area contributed by atoms with Gasteiger partial charge in [0.05, 0.1) is 13.1 Å². The first-order valence-electron chi connectivity index (χ1n) is 7.48. The van der Waals surface area contributed by atoms with Crippen molar-refractivity contribution in [1.29, 1.82) is 0 Å². The number of benzene rings is 1. The summed E-state index contributed by atoms with van der Waals surface area (Å²) in [6.45, 7) is 1.78. The van der Waals surface area contributed by atoms with Crippen molar-refractivity contribution in [3.05, 3.63) is 52.2 Å². The molecule has 0 saturated heterocycles. The number of hydrogen-bond acceptors (Lipinski definition) is 4. The molecule has 5 heteroatoms. The number of amides is 1. The van der Waals surface area contributed by atoms with E-state index in [2.05, 4.69) is 23.1 Å². The molecule has 0 fully saturated rings. The van der Waals surface area contributed by atoms with Gasteiger partial charge in [-0.3, -0.25) is 4.79 Å². The van der Waals surface area contributed by atoms with E-state index < -0.39 is 0 Å². The highest BCUT2D eigenvalue weighted by atomic mass is 32.1. The molecule has 1 aliphatic heterocycles. The molecule has 1 unspecified atom stereocenters. The standard InChI is InChI=1S/C17H21N3OS/c1-19(11-15-6-4-8-22-15)17(21)12-20-10-14(18)9-13-5-2-3-7-16(13)20/h2-8,14H,9-12,18H2,1H3. The second-order valence-corrected chi connectivity index (χ2v) is 6.83. The zero-order valence-electron chi connectivity index (χ0n) is 12.7. The van der Waals surface area contributed by atoms with Gasteiger partial charge >= 0.3 is 0 Å². The van der Waals surface area contributed by atoms with Crippen molar-refractivity contribution in [3.63, 3.8) is 0 Å². The Balaban J connectivity index is 1.68. The van der Waals surface area contributed by atoms with E-state index in [0.29, 0.717) is 13.1 Å². The molecule has 4 nitrogen and oxygen atoms in total. The van der Waals surface area contributed by atoms with Crippen LogP contribution in [0.3, 0.4) is 0 Å². The zero-order valence-corrected chi connectivity index (χ0v) is 13.6. The number of nitrogens with two attached hydrogens (primary N) is 1. The Morgan fingerprint density at radius 1 is 1.36 bits per heavy atom. The average Bonchev–Trinajstić information content (AvgIpc) is 3.00. The van der Waals surface area contributed by atoms with Gasteiger partial charge in [0.15, 0.2) is 0 Å². The largest absolute Gasteiger partial charge is 0.360 e. The maximum atomic E-state index is 12.5. The van der Waals surface area contributed by atoms with Crippen molar-refractivity contribution in [2.75, 3.05) is 25.0 Å². The Hall–Kier alpha value is -1.85. The van der Waals surface area contributed by atoms with Crippen LogP contribution in [-0.2, 0) is 17.8 Å². The minimum Gasteiger partial charge on any atom is -0.360 e. The van der Waals surface area contributed by atoms with Gasteiger partial charge in [-0.25, -0.2) is 0 Å². The van der Waals surface area contributed by atoms with E-state index in [9.17, 15) is 4.79 Å². The van der Waals surface area contributed by atoms with Crippen LogP contribution in [0.15, 0.2) is 41.8 Å². The van der Waals surface area contributed by atoms with Crippen molar-refractivity contribution in [2.45, 2.75) is 19.0 Å². The lowest BCUT2D eigenvalue weighted by molar-refractivity contribution is -0.128. The normalized spacial score (nSPS) is 17.2. The Morgan fingerprint density at radius 3 is 2.95 bits per heavy atom. The van der Waals surface area contributed by atoms with E-state index in [1.165, 1.54) is 10.4 Å². The van der Waals surface area contributed by atoms with Gasteiger partial charge in [0.1, 0.15) is 0 Å². The van der Waals surface area contributed by atoms with E-state index in [0.717, 1.165) is 18.7 Å². The summed E-state index contributed by atoms with van der Waals surface area (Å²) >= 11 is 1.68. The van der Waals surface area contributed by atoms with Gasteiger partial charge in [-0.1, -0.05) is 24.3 Å². The molecule has 2 heterocycles. The number of likely N-dealkylation sites (N-methyl/N-ethyl adjacent to an activating group) is 1. The van der Waals surface area contributed by atoms with Gasteiger partial charge in [-0.2, -0.15) is 0 Å². The number of para-hydroxylation sites is 1. The molecule has 1 aromatic carbocycles. The van der Waals surface area contributed by atoms with Crippen LogP contribution in [0, 0.1) is 0 Å². The fourth-order valence-corrected chi connectivity index (χ4v) is 3.64. The predicted octanol–water partition coefficient (Wildman–Crippen LogP) is 2.10. The van der Waals surface area contributed by atoms with Crippen LogP contribution in [0.25, 0.3) is 0 Å². The number of anilines is 1. The molecule has 1 atom stereocenters. The maximum Gasteiger partial charge on any atom is 0.242 e. The number of nitrogens with zero attached hydrogens (tertiary/aromatic N) is 2. The fourth-order valence-electron chi connectivity index (χ4n) is 2.88.